The fourth-order valence-corrected chi connectivity index (χ4v) is 2.05. The molecule has 0 unspecified atom stereocenters. The van der Waals surface area contributed by atoms with Crippen LogP contribution in [0.3, 0.4) is 0 Å². The maximum absolute atomic E-state index is 5.41. The smallest absolute Gasteiger partial charge is 0.239 e. The van der Waals surface area contributed by atoms with Crippen molar-refractivity contribution in [3.8, 4) is 0 Å². The number of hydrogen-bond donors (Lipinski definition) is 2. The van der Waals surface area contributed by atoms with E-state index in [9.17, 15) is 0 Å². The maximum Gasteiger partial charge on any atom is 0.239 e. The van der Waals surface area contributed by atoms with Crippen molar-refractivity contribution < 1.29 is 9.47 Å². The van der Waals surface area contributed by atoms with Gasteiger partial charge >= 0.3 is 0 Å². The van der Waals surface area contributed by atoms with E-state index >= 15 is 0 Å². The average Bonchev–Trinajstić information content (AvgIpc) is 2.47. The number of hydrazine groups is 1. The lowest BCUT2D eigenvalue weighted by Gasteiger charge is -2.24. The summed E-state index contributed by atoms with van der Waals surface area (Å²) in [5.74, 6) is 6.50. The quantitative estimate of drug-likeness (QED) is 0.376. The molecule has 0 radical (unpaired) electrons. The molecular formula is C12H22BrN5O2. The Morgan fingerprint density at radius 1 is 1.25 bits per heavy atom. The van der Waals surface area contributed by atoms with Crippen LogP contribution in [-0.2, 0) is 9.47 Å². The Labute approximate surface area is 128 Å². The molecule has 0 fully saturated rings. The lowest BCUT2D eigenvalue weighted by Crippen LogP contribution is -2.32. The number of nitrogen functional groups attached to an aromatic ring is 1. The number of ether oxygens (including phenoxy) is 2. The Balaban J connectivity index is 2.78. The summed E-state index contributed by atoms with van der Waals surface area (Å²) >= 11 is 3.46. The van der Waals surface area contributed by atoms with Gasteiger partial charge in [0.05, 0.1) is 17.7 Å². The van der Waals surface area contributed by atoms with E-state index in [2.05, 4.69) is 36.2 Å². The SMILES string of the molecule is CCOCCN(CCOCC)c1nc(NN)ncc1Br. The molecule has 1 rings (SSSR count). The van der Waals surface area contributed by atoms with E-state index in [0.717, 1.165) is 23.4 Å². The summed E-state index contributed by atoms with van der Waals surface area (Å²) in [7, 11) is 0. The van der Waals surface area contributed by atoms with Crippen LogP contribution in [0.1, 0.15) is 13.8 Å². The second-order valence-corrected chi connectivity index (χ2v) is 4.74. The molecule has 1 heterocycles. The summed E-state index contributed by atoms with van der Waals surface area (Å²) in [5, 5.41) is 0. The van der Waals surface area contributed by atoms with Crippen LogP contribution in [0.25, 0.3) is 0 Å². The van der Waals surface area contributed by atoms with E-state index in [1.165, 1.54) is 0 Å². The highest BCUT2D eigenvalue weighted by molar-refractivity contribution is 9.10. The van der Waals surface area contributed by atoms with Crippen molar-refractivity contribution in [2.75, 3.05) is 49.8 Å². The van der Waals surface area contributed by atoms with E-state index in [-0.39, 0.29) is 0 Å². The first-order valence-corrected chi connectivity index (χ1v) is 7.41. The maximum atomic E-state index is 5.41. The second kappa shape index (κ2) is 9.87. The molecule has 8 heteroatoms. The first-order valence-electron chi connectivity index (χ1n) is 6.62. The third kappa shape index (κ3) is 5.58. The number of rotatable bonds is 10. The topological polar surface area (TPSA) is 85.5 Å². The third-order valence-electron chi connectivity index (χ3n) is 2.57. The predicted octanol–water partition coefficient (Wildman–Crippen LogP) is 1.40. The van der Waals surface area contributed by atoms with Crippen molar-refractivity contribution in [1.29, 1.82) is 0 Å². The number of anilines is 2. The minimum Gasteiger partial charge on any atom is -0.380 e. The molecule has 0 saturated heterocycles. The van der Waals surface area contributed by atoms with Gasteiger partial charge in [0.15, 0.2) is 0 Å². The van der Waals surface area contributed by atoms with Crippen LogP contribution in [-0.4, -0.2) is 49.5 Å². The van der Waals surface area contributed by atoms with Gasteiger partial charge in [-0.15, -0.1) is 0 Å². The molecule has 0 aliphatic heterocycles. The summed E-state index contributed by atoms with van der Waals surface area (Å²) in [6, 6.07) is 0. The normalized spacial score (nSPS) is 10.6. The minimum absolute atomic E-state index is 0.376. The molecule has 0 aliphatic rings. The number of nitrogens with one attached hydrogen (secondary N) is 1. The molecule has 0 atom stereocenters. The first-order chi connectivity index (χ1) is 9.72. The molecule has 3 N–H and O–H groups in total. The minimum atomic E-state index is 0.376. The van der Waals surface area contributed by atoms with Gasteiger partial charge in [-0.05, 0) is 29.8 Å². The van der Waals surface area contributed by atoms with Gasteiger partial charge in [0.25, 0.3) is 0 Å². The zero-order chi connectivity index (χ0) is 14.8. The third-order valence-corrected chi connectivity index (χ3v) is 3.13. The van der Waals surface area contributed by atoms with E-state index in [1.807, 2.05) is 13.8 Å². The summed E-state index contributed by atoms with van der Waals surface area (Å²) in [6.45, 7) is 8.04. The van der Waals surface area contributed by atoms with Crippen LogP contribution < -0.4 is 16.2 Å². The Morgan fingerprint density at radius 2 is 1.85 bits per heavy atom. The highest BCUT2D eigenvalue weighted by Crippen LogP contribution is 2.23. The van der Waals surface area contributed by atoms with Gasteiger partial charge in [0.1, 0.15) is 5.82 Å². The monoisotopic (exact) mass is 347 g/mol. The van der Waals surface area contributed by atoms with Gasteiger partial charge in [-0.1, -0.05) is 0 Å². The fourth-order valence-electron chi connectivity index (χ4n) is 1.61. The molecule has 1 aromatic heterocycles. The van der Waals surface area contributed by atoms with Crippen molar-refractivity contribution in [1.82, 2.24) is 9.97 Å². The van der Waals surface area contributed by atoms with Gasteiger partial charge in [-0.2, -0.15) is 4.98 Å². The molecular weight excluding hydrogens is 326 g/mol. The summed E-state index contributed by atoms with van der Waals surface area (Å²) < 4.78 is 11.6. The average molecular weight is 348 g/mol. The molecule has 0 amide bonds. The molecule has 7 nitrogen and oxygen atoms in total. The van der Waals surface area contributed by atoms with E-state index in [4.69, 9.17) is 15.3 Å². The highest BCUT2D eigenvalue weighted by Gasteiger charge is 2.13. The van der Waals surface area contributed by atoms with E-state index in [1.54, 1.807) is 6.20 Å². The van der Waals surface area contributed by atoms with Gasteiger partial charge in [0, 0.05) is 32.5 Å². The standard InChI is InChI=1S/C12H22BrN5O2/c1-3-19-7-5-18(6-8-20-4-2)11-10(13)9-15-12(16-11)17-14/h9H,3-8,14H2,1-2H3,(H,15,16,17). The Bertz CT molecular complexity index is 384. The Hall–Kier alpha value is -0.960. The van der Waals surface area contributed by atoms with Crippen molar-refractivity contribution in [3.05, 3.63) is 10.7 Å². The summed E-state index contributed by atoms with van der Waals surface area (Å²) in [5.41, 5.74) is 2.45. The van der Waals surface area contributed by atoms with Crippen molar-refractivity contribution in [3.63, 3.8) is 0 Å². The number of halogens is 1. The zero-order valence-corrected chi connectivity index (χ0v) is 13.5. The second-order valence-electron chi connectivity index (χ2n) is 3.89. The zero-order valence-electron chi connectivity index (χ0n) is 11.9. The number of nitrogens with two attached hydrogens (primary N) is 1. The van der Waals surface area contributed by atoms with Gasteiger partial charge in [-0.25, -0.2) is 10.8 Å². The molecule has 20 heavy (non-hydrogen) atoms. The molecule has 1 aromatic rings. The molecule has 0 spiro atoms. The lowest BCUT2D eigenvalue weighted by atomic mass is 10.4. The van der Waals surface area contributed by atoms with Crippen LogP contribution in [0.15, 0.2) is 10.7 Å². The summed E-state index contributed by atoms with van der Waals surface area (Å²) in [4.78, 5) is 10.5. The van der Waals surface area contributed by atoms with Crippen molar-refractivity contribution in [2.24, 2.45) is 5.84 Å². The van der Waals surface area contributed by atoms with Crippen LogP contribution in [0.2, 0.25) is 0 Å². The number of nitrogens with zero attached hydrogens (tertiary/aromatic N) is 3. The first kappa shape index (κ1) is 17.1. The predicted molar refractivity (Wildman–Crippen MR) is 82.7 cm³/mol. The molecule has 0 aromatic carbocycles. The van der Waals surface area contributed by atoms with Crippen molar-refractivity contribution >= 4 is 27.7 Å². The Kier molecular flexibility index (Phi) is 8.43. The van der Waals surface area contributed by atoms with E-state index < -0.39 is 0 Å². The highest BCUT2D eigenvalue weighted by atomic mass is 79.9. The fraction of sp³-hybridized carbons (Fsp3) is 0.667. The van der Waals surface area contributed by atoms with Crippen LogP contribution in [0.5, 0.6) is 0 Å². The van der Waals surface area contributed by atoms with Gasteiger partial charge in [0.2, 0.25) is 5.95 Å². The van der Waals surface area contributed by atoms with Crippen LogP contribution in [0.4, 0.5) is 11.8 Å². The van der Waals surface area contributed by atoms with Gasteiger partial charge in [-0.3, -0.25) is 5.43 Å². The lowest BCUT2D eigenvalue weighted by molar-refractivity contribution is 0.141. The molecule has 114 valence electrons. The number of aromatic nitrogens is 2. The van der Waals surface area contributed by atoms with Crippen molar-refractivity contribution in [2.45, 2.75) is 13.8 Å². The molecule has 0 bridgehead atoms. The summed E-state index contributed by atoms with van der Waals surface area (Å²) in [6.07, 6.45) is 1.67. The number of hydrogen-bond acceptors (Lipinski definition) is 7. The Morgan fingerprint density at radius 3 is 2.35 bits per heavy atom. The largest absolute Gasteiger partial charge is 0.380 e. The molecule has 0 saturated carbocycles. The van der Waals surface area contributed by atoms with Gasteiger partial charge < -0.3 is 14.4 Å². The van der Waals surface area contributed by atoms with E-state index in [0.29, 0.717) is 32.4 Å². The van der Waals surface area contributed by atoms with Crippen LogP contribution >= 0.6 is 15.9 Å². The van der Waals surface area contributed by atoms with Crippen LogP contribution in [0, 0.1) is 0 Å². The molecule has 0 aliphatic carbocycles.